The Morgan fingerprint density at radius 3 is 2.50 bits per heavy atom. The first-order valence-electron chi connectivity index (χ1n) is 7.32. The molecule has 2 aromatic carbocycles. The highest BCUT2D eigenvalue weighted by atomic mass is 16.7. The molecular weight excluding hydrogens is 282 g/mol. The lowest BCUT2D eigenvalue weighted by atomic mass is 10.1. The molecule has 1 amide bonds. The van der Waals surface area contributed by atoms with Crippen molar-refractivity contribution >= 4 is 22.6 Å². The maximum absolute atomic E-state index is 11.7. The Kier molecular flexibility index (Phi) is 5.77. The molecule has 2 rings (SSSR count). The van der Waals surface area contributed by atoms with Crippen LogP contribution in [0.4, 0.5) is 0 Å². The molecule has 0 aromatic heterocycles. The van der Waals surface area contributed by atoms with Gasteiger partial charge < -0.3 is 9.94 Å². The van der Waals surface area contributed by atoms with E-state index in [0.717, 1.165) is 10.8 Å². The second-order valence-electron chi connectivity index (χ2n) is 5.06. The van der Waals surface area contributed by atoms with Gasteiger partial charge in [0.15, 0.2) is 5.75 Å². The third kappa shape index (κ3) is 4.77. The minimum absolute atomic E-state index is 0.147. The van der Waals surface area contributed by atoms with Gasteiger partial charge in [0.2, 0.25) is 0 Å². The summed E-state index contributed by atoms with van der Waals surface area (Å²) < 4.78 is 0. The Bertz CT molecular complexity index is 649. The minimum Gasteiger partial charge on any atom is -0.481 e. The normalized spacial score (nSPS) is 10.4. The number of hydroxylamine groups is 1. The number of carbonyl (C=O) groups is 2. The third-order valence-corrected chi connectivity index (χ3v) is 3.32. The molecule has 0 atom stereocenters. The fourth-order valence-corrected chi connectivity index (χ4v) is 2.19. The van der Waals surface area contributed by atoms with Gasteiger partial charge in [0.05, 0.1) is 0 Å². The standard InChI is InChI=1S/C17H19NO4/c19-16(11-2-1-3-12-17(20)21)18-22-15-10-6-8-13-7-4-5-9-14(13)15/h4-10H,1-3,11-12H2,(H,18,19)(H,20,21). The lowest BCUT2D eigenvalue weighted by Crippen LogP contribution is -2.26. The van der Waals surface area contributed by atoms with E-state index in [1.807, 2.05) is 36.4 Å². The van der Waals surface area contributed by atoms with E-state index in [2.05, 4.69) is 5.48 Å². The van der Waals surface area contributed by atoms with Crippen LogP contribution in [0.5, 0.6) is 5.75 Å². The van der Waals surface area contributed by atoms with E-state index in [0.29, 0.717) is 31.4 Å². The van der Waals surface area contributed by atoms with Crippen LogP contribution < -0.4 is 10.3 Å². The second-order valence-corrected chi connectivity index (χ2v) is 5.06. The number of benzene rings is 2. The molecule has 0 saturated heterocycles. The number of carbonyl (C=O) groups excluding carboxylic acids is 1. The van der Waals surface area contributed by atoms with Crippen LogP contribution in [-0.2, 0) is 9.59 Å². The van der Waals surface area contributed by atoms with Crippen molar-refractivity contribution < 1.29 is 19.5 Å². The average Bonchev–Trinajstić information content (AvgIpc) is 2.52. The number of amides is 1. The molecule has 22 heavy (non-hydrogen) atoms. The van der Waals surface area contributed by atoms with Gasteiger partial charge in [0, 0.05) is 18.2 Å². The van der Waals surface area contributed by atoms with E-state index < -0.39 is 5.97 Å². The summed E-state index contributed by atoms with van der Waals surface area (Å²) >= 11 is 0. The maximum Gasteiger partial charge on any atom is 0.303 e. The number of nitrogens with one attached hydrogen (secondary N) is 1. The van der Waals surface area contributed by atoms with Gasteiger partial charge in [-0.2, -0.15) is 5.48 Å². The summed E-state index contributed by atoms with van der Waals surface area (Å²) in [5.41, 5.74) is 2.44. The Labute approximate surface area is 128 Å². The van der Waals surface area contributed by atoms with E-state index in [9.17, 15) is 9.59 Å². The largest absolute Gasteiger partial charge is 0.481 e. The summed E-state index contributed by atoms with van der Waals surface area (Å²) in [4.78, 5) is 27.4. The molecule has 0 aliphatic rings. The summed E-state index contributed by atoms with van der Waals surface area (Å²) in [7, 11) is 0. The molecule has 0 bridgehead atoms. The Morgan fingerprint density at radius 2 is 1.68 bits per heavy atom. The zero-order valence-electron chi connectivity index (χ0n) is 12.2. The molecule has 0 aliphatic heterocycles. The molecule has 5 nitrogen and oxygen atoms in total. The monoisotopic (exact) mass is 301 g/mol. The lowest BCUT2D eigenvalue weighted by Gasteiger charge is -2.09. The van der Waals surface area contributed by atoms with Crippen molar-refractivity contribution in [1.82, 2.24) is 5.48 Å². The lowest BCUT2D eigenvalue weighted by molar-refractivity contribution is -0.137. The Balaban J connectivity index is 1.77. The molecule has 0 saturated carbocycles. The number of hydrogen-bond acceptors (Lipinski definition) is 3. The number of rotatable bonds is 8. The van der Waals surface area contributed by atoms with Gasteiger partial charge in [-0.05, 0) is 24.3 Å². The minimum atomic E-state index is -0.802. The quantitative estimate of drug-likeness (QED) is 0.579. The highest BCUT2D eigenvalue weighted by Crippen LogP contribution is 2.24. The van der Waals surface area contributed by atoms with Crippen LogP contribution in [0.2, 0.25) is 0 Å². The fourth-order valence-electron chi connectivity index (χ4n) is 2.19. The summed E-state index contributed by atoms with van der Waals surface area (Å²) in [6.07, 6.45) is 2.43. The molecule has 2 aromatic rings. The second kappa shape index (κ2) is 8.02. The molecule has 0 unspecified atom stereocenters. The van der Waals surface area contributed by atoms with Crippen molar-refractivity contribution in [3.05, 3.63) is 42.5 Å². The van der Waals surface area contributed by atoms with E-state index in [1.165, 1.54) is 0 Å². The molecule has 0 spiro atoms. The molecule has 0 fully saturated rings. The number of aliphatic carboxylic acids is 1. The number of hydrogen-bond donors (Lipinski definition) is 2. The van der Waals surface area contributed by atoms with Crippen LogP contribution in [0.25, 0.3) is 10.8 Å². The van der Waals surface area contributed by atoms with Crippen molar-refractivity contribution in [2.45, 2.75) is 32.1 Å². The highest BCUT2D eigenvalue weighted by molar-refractivity contribution is 5.88. The van der Waals surface area contributed by atoms with Crippen LogP contribution in [-0.4, -0.2) is 17.0 Å². The molecule has 0 aliphatic carbocycles. The van der Waals surface area contributed by atoms with E-state index >= 15 is 0 Å². The van der Waals surface area contributed by atoms with Gasteiger partial charge in [-0.25, -0.2) is 0 Å². The van der Waals surface area contributed by atoms with Crippen LogP contribution in [0.1, 0.15) is 32.1 Å². The first kappa shape index (κ1) is 15.8. The molecular formula is C17H19NO4. The van der Waals surface area contributed by atoms with Crippen molar-refractivity contribution in [3.8, 4) is 5.75 Å². The van der Waals surface area contributed by atoms with Gasteiger partial charge in [-0.3, -0.25) is 9.59 Å². The number of unbranched alkanes of at least 4 members (excludes halogenated alkanes) is 2. The van der Waals surface area contributed by atoms with Gasteiger partial charge in [-0.1, -0.05) is 42.8 Å². The molecule has 0 radical (unpaired) electrons. The topological polar surface area (TPSA) is 75.6 Å². The zero-order valence-corrected chi connectivity index (χ0v) is 12.2. The summed E-state index contributed by atoms with van der Waals surface area (Å²) in [6.45, 7) is 0. The first-order valence-corrected chi connectivity index (χ1v) is 7.32. The van der Waals surface area contributed by atoms with E-state index in [-0.39, 0.29) is 12.3 Å². The average molecular weight is 301 g/mol. The van der Waals surface area contributed by atoms with Gasteiger partial charge >= 0.3 is 5.97 Å². The van der Waals surface area contributed by atoms with Crippen molar-refractivity contribution in [1.29, 1.82) is 0 Å². The van der Waals surface area contributed by atoms with Crippen LogP contribution in [0.15, 0.2) is 42.5 Å². The van der Waals surface area contributed by atoms with Crippen LogP contribution >= 0.6 is 0 Å². The Morgan fingerprint density at radius 1 is 0.955 bits per heavy atom. The Hall–Kier alpha value is -2.56. The number of carboxylic acids is 1. The smallest absolute Gasteiger partial charge is 0.303 e. The van der Waals surface area contributed by atoms with Crippen LogP contribution in [0.3, 0.4) is 0 Å². The predicted octanol–water partition coefficient (Wildman–Crippen LogP) is 3.28. The van der Waals surface area contributed by atoms with Gasteiger partial charge in [0.1, 0.15) is 0 Å². The zero-order chi connectivity index (χ0) is 15.8. The predicted molar refractivity (Wildman–Crippen MR) is 83.4 cm³/mol. The molecule has 5 heteroatoms. The van der Waals surface area contributed by atoms with E-state index in [4.69, 9.17) is 9.94 Å². The summed E-state index contributed by atoms with van der Waals surface area (Å²) in [5.74, 6) is -0.399. The molecule has 2 N–H and O–H groups in total. The van der Waals surface area contributed by atoms with Gasteiger partial charge in [0.25, 0.3) is 5.91 Å². The highest BCUT2D eigenvalue weighted by Gasteiger charge is 2.05. The van der Waals surface area contributed by atoms with Crippen molar-refractivity contribution in [2.24, 2.45) is 0 Å². The van der Waals surface area contributed by atoms with Crippen molar-refractivity contribution in [2.75, 3.05) is 0 Å². The maximum atomic E-state index is 11.7. The van der Waals surface area contributed by atoms with Gasteiger partial charge in [-0.15, -0.1) is 0 Å². The first-order chi connectivity index (χ1) is 10.7. The van der Waals surface area contributed by atoms with Crippen LogP contribution in [0, 0.1) is 0 Å². The summed E-state index contributed by atoms with van der Waals surface area (Å²) in [5, 5.41) is 10.5. The summed E-state index contributed by atoms with van der Waals surface area (Å²) in [6, 6.07) is 13.4. The third-order valence-electron chi connectivity index (χ3n) is 3.32. The SMILES string of the molecule is O=C(O)CCCCCC(=O)NOc1cccc2ccccc12. The molecule has 116 valence electrons. The molecule has 0 heterocycles. The number of fused-ring (bicyclic) bond motifs is 1. The fraction of sp³-hybridized carbons (Fsp3) is 0.294. The van der Waals surface area contributed by atoms with Crippen molar-refractivity contribution in [3.63, 3.8) is 0 Å². The van der Waals surface area contributed by atoms with E-state index in [1.54, 1.807) is 6.07 Å². The number of carboxylic acid groups (broad SMARTS) is 1.